The van der Waals surface area contributed by atoms with Crippen molar-refractivity contribution in [2.75, 3.05) is 12.9 Å². The van der Waals surface area contributed by atoms with Gasteiger partial charge in [0.1, 0.15) is 17.9 Å². The number of methoxy groups -OCH3 is 1. The van der Waals surface area contributed by atoms with Crippen molar-refractivity contribution < 1.29 is 23.9 Å². The fourth-order valence-electron chi connectivity index (χ4n) is 2.48. The summed E-state index contributed by atoms with van der Waals surface area (Å²) in [5, 5.41) is 1.91. The van der Waals surface area contributed by atoms with Crippen molar-refractivity contribution in [3.8, 4) is 0 Å². The molecule has 2 atom stereocenters. The Bertz CT molecular complexity index is 782. The maximum absolute atomic E-state index is 12.7. The van der Waals surface area contributed by atoms with E-state index in [2.05, 4.69) is 5.32 Å². The standard InChI is InChI=1S/C21H23NO5S/c1-15(23)22-18(20(24)26-2)14-28-19(17-11-7-4-8-12-17)21(25)27-13-16-9-5-3-6-10-16/h3-12,18-19H,13-14H2,1-2H3,(H,22,23). The van der Waals surface area contributed by atoms with Gasteiger partial charge in [0.25, 0.3) is 0 Å². The average molecular weight is 401 g/mol. The van der Waals surface area contributed by atoms with Crippen LogP contribution in [0.25, 0.3) is 0 Å². The van der Waals surface area contributed by atoms with E-state index in [4.69, 9.17) is 9.47 Å². The molecule has 0 saturated carbocycles. The molecule has 0 heterocycles. The molecule has 1 N–H and O–H groups in total. The second kappa shape index (κ2) is 11.1. The molecule has 148 valence electrons. The molecule has 2 aromatic carbocycles. The van der Waals surface area contributed by atoms with Crippen LogP contribution in [0, 0.1) is 0 Å². The van der Waals surface area contributed by atoms with Gasteiger partial charge in [0.2, 0.25) is 5.91 Å². The highest BCUT2D eigenvalue weighted by Gasteiger charge is 2.27. The van der Waals surface area contributed by atoms with Crippen molar-refractivity contribution in [3.63, 3.8) is 0 Å². The van der Waals surface area contributed by atoms with Gasteiger partial charge >= 0.3 is 11.9 Å². The minimum atomic E-state index is -0.847. The molecule has 1 amide bonds. The lowest BCUT2D eigenvalue weighted by molar-refractivity contribution is -0.145. The Morgan fingerprint density at radius 3 is 2.14 bits per heavy atom. The molecule has 0 bridgehead atoms. The number of ether oxygens (including phenoxy) is 2. The highest BCUT2D eigenvalue weighted by atomic mass is 32.2. The smallest absolute Gasteiger partial charge is 0.329 e. The van der Waals surface area contributed by atoms with Crippen molar-refractivity contribution in [2.45, 2.75) is 24.8 Å². The number of nitrogens with one attached hydrogen (secondary N) is 1. The predicted octanol–water partition coefficient (Wildman–Crippen LogP) is 2.88. The molecule has 0 saturated heterocycles. The van der Waals surface area contributed by atoms with Crippen LogP contribution >= 0.6 is 11.8 Å². The number of benzene rings is 2. The molecule has 0 radical (unpaired) electrons. The number of esters is 2. The molecule has 0 fully saturated rings. The van der Waals surface area contributed by atoms with Crippen LogP contribution in [0.1, 0.15) is 23.3 Å². The number of hydrogen-bond acceptors (Lipinski definition) is 6. The van der Waals surface area contributed by atoms with Gasteiger partial charge < -0.3 is 14.8 Å². The van der Waals surface area contributed by atoms with Gasteiger partial charge in [-0.1, -0.05) is 60.7 Å². The zero-order valence-corrected chi connectivity index (χ0v) is 16.6. The molecule has 7 heteroatoms. The quantitative estimate of drug-likeness (QED) is 0.651. The first kappa shape index (κ1) is 21.5. The van der Waals surface area contributed by atoms with E-state index in [1.807, 2.05) is 60.7 Å². The first-order chi connectivity index (χ1) is 13.5. The van der Waals surface area contributed by atoms with Crippen LogP contribution in [0.3, 0.4) is 0 Å². The van der Waals surface area contributed by atoms with Gasteiger partial charge in [0.15, 0.2) is 0 Å². The summed E-state index contributed by atoms with van der Waals surface area (Å²) in [6.45, 7) is 1.49. The predicted molar refractivity (Wildman–Crippen MR) is 107 cm³/mol. The third-order valence-corrected chi connectivity index (χ3v) is 5.16. The maximum atomic E-state index is 12.7. The second-order valence-electron chi connectivity index (χ2n) is 5.99. The van der Waals surface area contributed by atoms with Crippen LogP contribution in [0.2, 0.25) is 0 Å². The Kier molecular flexibility index (Phi) is 8.55. The molecule has 0 spiro atoms. The van der Waals surface area contributed by atoms with Crippen LogP contribution in [0.4, 0.5) is 0 Å². The molecule has 28 heavy (non-hydrogen) atoms. The summed E-state index contributed by atoms with van der Waals surface area (Å²) in [6.07, 6.45) is 0. The van der Waals surface area contributed by atoms with Crippen LogP contribution < -0.4 is 5.32 Å². The van der Waals surface area contributed by atoms with Crippen molar-refractivity contribution in [1.29, 1.82) is 0 Å². The zero-order valence-electron chi connectivity index (χ0n) is 15.8. The Balaban J connectivity index is 2.09. The van der Waals surface area contributed by atoms with E-state index in [1.165, 1.54) is 25.8 Å². The summed E-state index contributed by atoms with van der Waals surface area (Å²) in [7, 11) is 1.25. The number of amides is 1. The summed E-state index contributed by atoms with van der Waals surface area (Å²) in [6, 6.07) is 17.7. The maximum Gasteiger partial charge on any atom is 0.329 e. The molecule has 2 rings (SSSR count). The number of carbonyl (C=O) groups excluding carboxylic acids is 3. The molecular weight excluding hydrogens is 378 g/mol. The van der Waals surface area contributed by atoms with Crippen molar-refractivity contribution in [1.82, 2.24) is 5.32 Å². The van der Waals surface area contributed by atoms with Gasteiger partial charge in [-0.25, -0.2) is 4.79 Å². The molecule has 2 unspecified atom stereocenters. The molecule has 6 nitrogen and oxygen atoms in total. The van der Waals surface area contributed by atoms with E-state index >= 15 is 0 Å². The SMILES string of the molecule is COC(=O)C(CSC(C(=O)OCc1ccccc1)c1ccccc1)NC(C)=O. The van der Waals surface area contributed by atoms with Gasteiger partial charge in [-0.3, -0.25) is 9.59 Å². The fourth-order valence-corrected chi connectivity index (χ4v) is 3.64. The summed E-state index contributed by atoms with van der Waals surface area (Å²) in [4.78, 5) is 36.0. The van der Waals surface area contributed by atoms with Gasteiger partial charge in [-0.15, -0.1) is 11.8 Å². The monoisotopic (exact) mass is 401 g/mol. The van der Waals surface area contributed by atoms with E-state index in [0.717, 1.165) is 11.1 Å². The fraction of sp³-hybridized carbons (Fsp3) is 0.286. The van der Waals surface area contributed by atoms with E-state index in [1.54, 1.807) is 0 Å². The lowest BCUT2D eigenvalue weighted by Crippen LogP contribution is -2.42. The van der Waals surface area contributed by atoms with E-state index in [9.17, 15) is 14.4 Å². The van der Waals surface area contributed by atoms with Crippen molar-refractivity contribution in [2.24, 2.45) is 0 Å². The highest BCUT2D eigenvalue weighted by molar-refractivity contribution is 8.00. The number of hydrogen-bond donors (Lipinski definition) is 1. The Morgan fingerprint density at radius 2 is 1.57 bits per heavy atom. The number of rotatable bonds is 9. The lowest BCUT2D eigenvalue weighted by Gasteiger charge is -2.20. The lowest BCUT2D eigenvalue weighted by atomic mass is 10.1. The summed E-state index contributed by atoms with van der Waals surface area (Å²) in [5.74, 6) is -1.15. The molecule has 0 aliphatic rings. The summed E-state index contributed by atoms with van der Waals surface area (Å²) < 4.78 is 10.2. The first-order valence-electron chi connectivity index (χ1n) is 8.73. The zero-order chi connectivity index (χ0) is 20.4. The molecule has 2 aromatic rings. The first-order valence-corrected chi connectivity index (χ1v) is 9.78. The van der Waals surface area contributed by atoms with Gasteiger partial charge in [0.05, 0.1) is 7.11 Å². The van der Waals surface area contributed by atoms with Crippen LogP contribution in [-0.2, 0) is 30.5 Å². The molecule has 0 aliphatic carbocycles. The highest BCUT2D eigenvalue weighted by Crippen LogP contribution is 2.31. The van der Waals surface area contributed by atoms with Crippen molar-refractivity contribution in [3.05, 3.63) is 71.8 Å². The number of thioether (sulfide) groups is 1. The Hall–Kier alpha value is -2.80. The average Bonchev–Trinajstić information content (AvgIpc) is 2.72. The molecule has 0 aromatic heterocycles. The largest absolute Gasteiger partial charge is 0.467 e. The number of carbonyl (C=O) groups is 3. The minimum Gasteiger partial charge on any atom is -0.467 e. The van der Waals surface area contributed by atoms with Gasteiger partial charge in [-0.2, -0.15) is 0 Å². The Labute approximate surface area is 168 Å². The van der Waals surface area contributed by atoms with E-state index < -0.39 is 23.2 Å². The Morgan fingerprint density at radius 1 is 0.964 bits per heavy atom. The van der Waals surface area contributed by atoms with E-state index in [0.29, 0.717) is 0 Å². The minimum absolute atomic E-state index is 0.162. The van der Waals surface area contributed by atoms with Crippen LogP contribution in [-0.4, -0.2) is 36.8 Å². The molecule has 0 aliphatic heterocycles. The van der Waals surface area contributed by atoms with Gasteiger partial charge in [-0.05, 0) is 11.1 Å². The topological polar surface area (TPSA) is 81.7 Å². The van der Waals surface area contributed by atoms with Crippen molar-refractivity contribution >= 4 is 29.6 Å². The summed E-state index contributed by atoms with van der Waals surface area (Å²) >= 11 is 1.22. The normalized spacial score (nSPS) is 12.5. The molecular formula is C21H23NO5S. The van der Waals surface area contributed by atoms with Crippen LogP contribution in [0.5, 0.6) is 0 Å². The van der Waals surface area contributed by atoms with Gasteiger partial charge in [0, 0.05) is 12.7 Å². The van der Waals surface area contributed by atoms with Crippen LogP contribution in [0.15, 0.2) is 60.7 Å². The summed E-state index contributed by atoms with van der Waals surface area (Å²) in [5.41, 5.74) is 1.65. The second-order valence-corrected chi connectivity index (χ2v) is 7.13. The third-order valence-electron chi connectivity index (χ3n) is 3.83. The van der Waals surface area contributed by atoms with E-state index in [-0.39, 0.29) is 18.3 Å². The third kappa shape index (κ3) is 6.74.